The Labute approximate surface area is 90.7 Å². The highest BCUT2D eigenvalue weighted by Crippen LogP contribution is 2.22. The van der Waals surface area contributed by atoms with Gasteiger partial charge in [-0.3, -0.25) is 0 Å². The van der Waals surface area contributed by atoms with E-state index in [9.17, 15) is 0 Å². The fourth-order valence-electron chi connectivity index (χ4n) is 2.11. The van der Waals surface area contributed by atoms with Crippen LogP contribution in [0.15, 0.2) is 24.4 Å². The zero-order valence-corrected chi connectivity index (χ0v) is 9.43. The number of nitrogens with one attached hydrogen (secondary N) is 2. The van der Waals surface area contributed by atoms with E-state index in [-0.39, 0.29) is 0 Å². The highest BCUT2D eigenvalue weighted by atomic mass is 14.8. The molecule has 1 heterocycles. The van der Waals surface area contributed by atoms with E-state index in [2.05, 4.69) is 41.6 Å². The average molecular weight is 202 g/mol. The number of fused-ring (bicyclic) bond motifs is 1. The normalized spacial score (nSPS) is 11.1. The molecule has 0 spiro atoms. The summed E-state index contributed by atoms with van der Waals surface area (Å²) in [6.45, 7) is 3.25. The molecule has 0 bridgehead atoms. The van der Waals surface area contributed by atoms with Gasteiger partial charge < -0.3 is 10.3 Å². The van der Waals surface area contributed by atoms with Crippen LogP contribution < -0.4 is 5.32 Å². The van der Waals surface area contributed by atoms with Crippen LogP contribution in [0.5, 0.6) is 0 Å². The largest absolute Gasteiger partial charge is 0.361 e. The van der Waals surface area contributed by atoms with Crippen LogP contribution in [0.25, 0.3) is 10.9 Å². The maximum atomic E-state index is 3.30. The van der Waals surface area contributed by atoms with E-state index in [1.54, 1.807) is 0 Å². The van der Waals surface area contributed by atoms with Gasteiger partial charge in [0.15, 0.2) is 0 Å². The molecule has 1 aromatic carbocycles. The van der Waals surface area contributed by atoms with Gasteiger partial charge in [-0.2, -0.15) is 0 Å². The van der Waals surface area contributed by atoms with Crippen molar-refractivity contribution in [2.75, 3.05) is 13.6 Å². The number of hydrogen-bond donors (Lipinski definition) is 2. The van der Waals surface area contributed by atoms with Crippen molar-refractivity contribution in [1.29, 1.82) is 0 Å². The molecule has 2 nitrogen and oxygen atoms in total. The lowest BCUT2D eigenvalue weighted by atomic mass is 10.0. The summed E-state index contributed by atoms with van der Waals surface area (Å²) in [6.07, 6.45) is 4.43. The zero-order valence-electron chi connectivity index (χ0n) is 9.43. The lowest BCUT2D eigenvalue weighted by Crippen LogP contribution is -2.08. The van der Waals surface area contributed by atoms with Gasteiger partial charge in [-0.25, -0.2) is 0 Å². The Kier molecular flexibility index (Phi) is 3.07. The molecular formula is C13H18N2. The summed E-state index contributed by atoms with van der Waals surface area (Å²) in [5.41, 5.74) is 4.07. The Bertz CT molecular complexity index is 443. The Balaban J connectivity index is 2.29. The van der Waals surface area contributed by atoms with Gasteiger partial charge in [0.05, 0.1) is 0 Å². The van der Waals surface area contributed by atoms with E-state index in [1.165, 1.54) is 28.5 Å². The third-order valence-electron chi connectivity index (χ3n) is 2.86. The average Bonchev–Trinajstić information content (AvgIpc) is 2.62. The van der Waals surface area contributed by atoms with Gasteiger partial charge in [0, 0.05) is 17.1 Å². The predicted molar refractivity (Wildman–Crippen MR) is 65.3 cm³/mol. The summed E-state index contributed by atoms with van der Waals surface area (Å²) in [5.74, 6) is 0. The van der Waals surface area contributed by atoms with Crippen LogP contribution in [0.4, 0.5) is 0 Å². The van der Waals surface area contributed by atoms with Crippen LogP contribution in [0.3, 0.4) is 0 Å². The molecule has 0 saturated heterocycles. The first kappa shape index (κ1) is 10.2. The first-order chi connectivity index (χ1) is 7.33. The lowest BCUT2D eigenvalue weighted by molar-refractivity contribution is 0.727. The van der Waals surface area contributed by atoms with E-state index in [1.807, 2.05) is 7.05 Å². The Morgan fingerprint density at radius 3 is 3.00 bits per heavy atom. The van der Waals surface area contributed by atoms with Gasteiger partial charge in [0.1, 0.15) is 0 Å². The summed E-state index contributed by atoms with van der Waals surface area (Å²) < 4.78 is 0. The number of H-pyrrole nitrogens is 1. The Morgan fingerprint density at radius 2 is 2.20 bits per heavy atom. The predicted octanol–water partition coefficient (Wildman–Crippen LogP) is 2.63. The molecule has 0 atom stereocenters. The molecule has 1 aromatic heterocycles. The molecule has 2 N–H and O–H groups in total. The summed E-state index contributed by atoms with van der Waals surface area (Å²) in [4.78, 5) is 3.30. The van der Waals surface area contributed by atoms with Gasteiger partial charge in [-0.1, -0.05) is 12.1 Å². The highest BCUT2D eigenvalue weighted by Gasteiger charge is 2.04. The molecular weight excluding hydrogens is 184 g/mol. The van der Waals surface area contributed by atoms with E-state index >= 15 is 0 Å². The third kappa shape index (κ3) is 2.05. The molecule has 0 saturated carbocycles. The van der Waals surface area contributed by atoms with Gasteiger partial charge in [0.2, 0.25) is 0 Å². The number of aryl methyl sites for hydroxylation is 2. The molecule has 0 unspecified atom stereocenters. The van der Waals surface area contributed by atoms with Crippen LogP contribution in [-0.2, 0) is 6.42 Å². The number of aromatic amines is 1. The smallest absolute Gasteiger partial charge is 0.0459 e. The maximum Gasteiger partial charge on any atom is 0.0459 e. The van der Waals surface area contributed by atoms with E-state index < -0.39 is 0 Å². The molecule has 0 amide bonds. The minimum Gasteiger partial charge on any atom is -0.361 e. The first-order valence-electron chi connectivity index (χ1n) is 5.53. The van der Waals surface area contributed by atoms with Gasteiger partial charge in [-0.15, -0.1) is 0 Å². The van der Waals surface area contributed by atoms with Crippen LogP contribution in [0.2, 0.25) is 0 Å². The first-order valence-corrected chi connectivity index (χ1v) is 5.53. The number of aromatic nitrogens is 1. The van der Waals surface area contributed by atoms with Crippen LogP contribution in [0, 0.1) is 6.92 Å². The van der Waals surface area contributed by atoms with Crippen molar-refractivity contribution in [3.05, 3.63) is 35.5 Å². The second-order valence-electron chi connectivity index (χ2n) is 4.02. The summed E-state index contributed by atoms with van der Waals surface area (Å²) in [6, 6.07) is 6.51. The molecule has 0 fully saturated rings. The molecule has 15 heavy (non-hydrogen) atoms. The molecule has 0 aliphatic heterocycles. The van der Waals surface area contributed by atoms with E-state index in [0.717, 1.165) is 13.0 Å². The van der Waals surface area contributed by atoms with Crippen molar-refractivity contribution in [2.24, 2.45) is 0 Å². The van der Waals surface area contributed by atoms with Gasteiger partial charge in [-0.05, 0) is 50.6 Å². The fraction of sp³-hybridized carbons (Fsp3) is 0.385. The molecule has 0 radical (unpaired) electrons. The molecule has 2 heteroatoms. The lowest BCUT2D eigenvalue weighted by Gasteiger charge is -2.04. The third-order valence-corrected chi connectivity index (χ3v) is 2.86. The van der Waals surface area contributed by atoms with Crippen LogP contribution in [0.1, 0.15) is 17.5 Å². The van der Waals surface area contributed by atoms with Crippen molar-refractivity contribution in [1.82, 2.24) is 10.3 Å². The van der Waals surface area contributed by atoms with E-state index in [4.69, 9.17) is 0 Å². The van der Waals surface area contributed by atoms with Gasteiger partial charge >= 0.3 is 0 Å². The fourth-order valence-corrected chi connectivity index (χ4v) is 2.11. The monoisotopic (exact) mass is 202 g/mol. The van der Waals surface area contributed by atoms with Crippen molar-refractivity contribution in [3.8, 4) is 0 Å². The molecule has 2 aromatic rings. The summed E-state index contributed by atoms with van der Waals surface area (Å²) in [7, 11) is 2.00. The highest BCUT2D eigenvalue weighted by molar-refractivity contribution is 5.86. The van der Waals surface area contributed by atoms with E-state index in [0.29, 0.717) is 0 Å². The minimum absolute atomic E-state index is 1.08. The topological polar surface area (TPSA) is 27.8 Å². The van der Waals surface area contributed by atoms with Crippen molar-refractivity contribution in [3.63, 3.8) is 0 Å². The summed E-state index contributed by atoms with van der Waals surface area (Å²) in [5, 5.41) is 4.60. The standard InChI is InChI=1S/C13H18N2/c1-10-9-15-12-7-3-5-11(13(10)12)6-4-8-14-2/h3,5,7,9,14-15H,4,6,8H2,1-2H3. The number of hydrogen-bond acceptors (Lipinski definition) is 1. The van der Waals surface area contributed by atoms with Crippen LogP contribution >= 0.6 is 0 Å². The maximum absolute atomic E-state index is 3.30. The Hall–Kier alpha value is -1.28. The van der Waals surface area contributed by atoms with Crippen molar-refractivity contribution >= 4 is 10.9 Å². The molecule has 2 rings (SSSR count). The number of benzene rings is 1. The summed E-state index contributed by atoms with van der Waals surface area (Å²) >= 11 is 0. The molecule has 0 aliphatic rings. The van der Waals surface area contributed by atoms with Crippen LogP contribution in [-0.4, -0.2) is 18.6 Å². The second-order valence-corrected chi connectivity index (χ2v) is 4.02. The quantitative estimate of drug-likeness (QED) is 0.733. The molecule has 80 valence electrons. The van der Waals surface area contributed by atoms with Gasteiger partial charge in [0.25, 0.3) is 0 Å². The minimum atomic E-state index is 1.08. The zero-order chi connectivity index (χ0) is 10.7. The van der Waals surface area contributed by atoms with Crippen molar-refractivity contribution in [2.45, 2.75) is 19.8 Å². The Morgan fingerprint density at radius 1 is 1.33 bits per heavy atom. The second kappa shape index (κ2) is 4.49. The van der Waals surface area contributed by atoms with Crippen molar-refractivity contribution < 1.29 is 0 Å². The number of rotatable bonds is 4. The molecule has 0 aliphatic carbocycles. The SMILES string of the molecule is CNCCCc1cccc2[nH]cc(C)c12.